The molecule has 0 saturated heterocycles. The number of amides is 1. The van der Waals surface area contributed by atoms with E-state index < -0.39 is 6.10 Å². The first-order chi connectivity index (χ1) is 11.7. The van der Waals surface area contributed by atoms with Crippen LogP contribution in [0.1, 0.15) is 54.3 Å². The van der Waals surface area contributed by atoms with Crippen LogP contribution in [0.2, 0.25) is 0 Å². The Hall–Kier alpha value is -2.15. The van der Waals surface area contributed by atoms with Gasteiger partial charge in [0.25, 0.3) is 5.91 Å². The van der Waals surface area contributed by atoms with E-state index >= 15 is 0 Å². The molecule has 4 rings (SSSR count). The quantitative estimate of drug-likeness (QED) is 0.870. The third-order valence-corrected chi connectivity index (χ3v) is 5.26. The summed E-state index contributed by atoms with van der Waals surface area (Å²) in [5, 5.41) is 13.2. The number of aromatic nitrogens is 3. The first-order valence-electron chi connectivity index (χ1n) is 8.58. The summed E-state index contributed by atoms with van der Waals surface area (Å²) >= 11 is 0. The Morgan fingerprint density at radius 2 is 2.29 bits per heavy atom. The van der Waals surface area contributed by atoms with E-state index in [1.165, 1.54) is 12.8 Å². The molecule has 7 nitrogen and oxygen atoms in total. The molecular weight excluding hydrogens is 308 g/mol. The summed E-state index contributed by atoms with van der Waals surface area (Å²) < 4.78 is 7.44. The van der Waals surface area contributed by atoms with Crippen LogP contribution in [0.4, 0.5) is 0 Å². The van der Waals surface area contributed by atoms with Crippen molar-refractivity contribution in [1.29, 1.82) is 0 Å². The first kappa shape index (κ1) is 15.4. The number of oxazole rings is 1. The Balaban J connectivity index is 1.38. The van der Waals surface area contributed by atoms with Crippen LogP contribution in [0.25, 0.3) is 0 Å². The van der Waals surface area contributed by atoms with Crippen LogP contribution in [-0.4, -0.2) is 37.7 Å². The molecule has 7 heteroatoms. The van der Waals surface area contributed by atoms with Crippen LogP contribution in [0.5, 0.6) is 0 Å². The maximum atomic E-state index is 12.5. The monoisotopic (exact) mass is 330 g/mol. The minimum absolute atomic E-state index is 0.238. The number of nitrogens with zero attached hydrogens (tertiary/aromatic N) is 3. The average molecular weight is 330 g/mol. The topological polar surface area (TPSA) is 93.2 Å². The van der Waals surface area contributed by atoms with Crippen molar-refractivity contribution < 1.29 is 14.3 Å². The van der Waals surface area contributed by atoms with Crippen molar-refractivity contribution in [2.45, 2.75) is 56.7 Å². The Bertz CT molecular complexity index is 693. The molecule has 2 saturated carbocycles. The molecule has 24 heavy (non-hydrogen) atoms. The molecular formula is C17H22N4O3. The molecule has 2 N–H and O–H groups in total. The van der Waals surface area contributed by atoms with Gasteiger partial charge in [-0.3, -0.25) is 4.79 Å². The fourth-order valence-corrected chi connectivity index (χ4v) is 3.74. The molecule has 1 amide bonds. The predicted molar refractivity (Wildman–Crippen MR) is 85.3 cm³/mol. The molecule has 2 aromatic rings. The molecule has 2 fully saturated rings. The van der Waals surface area contributed by atoms with E-state index in [1.54, 1.807) is 12.5 Å². The number of carbonyl (C=O) groups excluding carboxylic acids is 1. The second-order valence-corrected chi connectivity index (χ2v) is 6.94. The summed E-state index contributed by atoms with van der Waals surface area (Å²) in [4.78, 5) is 20.7. The Kier molecular flexibility index (Phi) is 4.10. The number of carbonyl (C=O) groups is 1. The van der Waals surface area contributed by atoms with Crippen molar-refractivity contribution in [3.63, 3.8) is 0 Å². The van der Waals surface area contributed by atoms with Crippen molar-refractivity contribution >= 4 is 5.91 Å². The van der Waals surface area contributed by atoms with E-state index in [9.17, 15) is 9.90 Å². The number of aliphatic hydroxyl groups excluding tert-OH is 1. The normalized spacial score (nSPS) is 27.1. The van der Waals surface area contributed by atoms with Gasteiger partial charge in [0.15, 0.2) is 12.1 Å². The minimum atomic E-state index is -0.526. The average Bonchev–Trinajstić information content (AvgIpc) is 3.21. The summed E-state index contributed by atoms with van der Waals surface area (Å²) in [5.41, 5.74) is 0.380. The highest BCUT2D eigenvalue weighted by atomic mass is 16.3. The van der Waals surface area contributed by atoms with E-state index in [4.69, 9.17) is 4.42 Å². The van der Waals surface area contributed by atoms with Gasteiger partial charge in [-0.05, 0) is 31.6 Å². The van der Waals surface area contributed by atoms with E-state index in [-0.39, 0.29) is 11.9 Å². The molecule has 0 spiro atoms. The summed E-state index contributed by atoms with van der Waals surface area (Å²) in [6.45, 7) is 0.806. The molecule has 2 aromatic heterocycles. The highest BCUT2D eigenvalue weighted by Crippen LogP contribution is 2.38. The molecule has 0 aliphatic heterocycles. The Labute approximate surface area is 140 Å². The molecule has 0 radical (unpaired) electrons. The highest BCUT2D eigenvalue weighted by molar-refractivity contribution is 5.93. The van der Waals surface area contributed by atoms with Gasteiger partial charge in [-0.25, -0.2) is 9.97 Å². The number of imidazole rings is 1. The second-order valence-electron chi connectivity index (χ2n) is 6.94. The molecule has 2 aliphatic rings. The first-order valence-corrected chi connectivity index (χ1v) is 8.58. The van der Waals surface area contributed by atoms with Gasteiger partial charge in [0.1, 0.15) is 5.76 Å². The van der Waals surface area contributed by atoms with E-state index in [0.717, 1.165) is 25.8 Å². The van der Waals surface area contributed by atoms with Crippen LogP contribution in [-0.2, 0) is 6.54 Å². The fourth-order valence-electron chi connectivity index (χ4n) is 3.74. The molecule has 128 valence electrons. The Morgan fingerprint density at radius 1 is 1.42 bits per heavy atom. The van der Waals surface area contributed by atoms with Gasteiger partial charge in [0.05, 0.1) is 18.5 Å². The summed E-state index contributed by atoms with van der Waals surface area (Å²) in [7, 11) is 0. The van der Waals surface area contributed by atoms with Crippen molar-refractivity contribution in [3.05, 3.63) is 36.6 Å². The van der Waals surface area contributed by atoms with Crippen LogP contribution < -0.4 is 5.32 Å². The zero-order valence-electron chi connectivity index (χ0n) is 13.5. The maximum Gasteiger partial charge on any atom is 0.273 e. The molecule has 2 aliphatic carbocycles. The molecule has 2 heterocycles. The maximum absolute atomic E-state index is 12.5. The number of nitrogens with one attached hydrogen (secondary N) is 1. The van der Waals surface area contributed by atoms with Crippen molar-refractivity contribution in [1.82, 2.24) is 19.9 Å². The number of hydrogen-bond acceptors (Lipinski definition) is 5. The van der Waals surface area contributed by atoms with Crippen molar-refractivity contribution in [2.24, 2.45) is 5.92 Å². The van der Waals surface area contributed by atoms with Gasteiger partial charge in [0, 0.05) is 24.9 Å². The molecule has 3 atom stereocenters. The number of rotatable bonds is 5. The lowest BCUT2D eigenvalue weighted by molar-refractivity contribution is 0.0865. The fraction of sp³-hybridized carbons (Fsp3) is 0.588. The van der Waals surface area contributed by atoms with Gasteiger partial charge >= 0.3 is 0 Å². The predicted octanol–water partition coefficient (Wildman–Crippen LogP) is 1.71. The lowest BCUT2D eigenvalue weighted by Gasteiger charge is -2.23. The van der Waals surface area contributed by atoms with E-state index in [1.807, 2.05) is 10.8 Å². The van der Waals surface area contributed by atoms with Gasteiger partial charge in [-0.15, -0.1) is 0 Å². The lowest BCUT2D eigenvalue weighted by Crippen LogP contribution is -2.40. The lowest BCUT2D eigenvalue weighted by atomic mass is 9.83. The summed E-state index contributed by atoms with van der Waals surface area (Å²) in [5.74, 6) is 1.10. The third kappa shape index (κ3) is 2.96. The van der Waals surface area contributed by atoms with Gasteiger partial charge in [-0.1, -0.05) is 6.42 Å². The number of aliphatic hydroxyl groups is 1. The van der Waals surface area contributed by atoms with Gasteiger partial charge in [0.2, 0.25) is 0 Å². The standard InChI is InChI=1S/C17H22N4O3/c22-14-7-11(8-21-5-4-18-9-21)6-13(14)20-17(23)15-16(24-10-19-15)12-2-1-3-12/h4-5,9-14,22H,1-3,6-8H2,(H,20,23)/t11?,13-,14-/m1/s1. The van der Waals surface area contributed by atoms with Crippen molar-refractivity contribution in [2.75, 3.05) is 0 Å². The van der Waals surface area contributed by atoms with Crippen LogP contribution >= 0.6 is 0 Å². The zero-order chi connectivity index (χ0) is 16.5. The minimum Gasteiger partial charge on any atom is -0.447 e. The van der Waals surface area contributed by atoms with Crippen molar-refractivity contribution in [3.8, 4) is 0 Å². The molecule has 0 bridgehead atoms. The second kappa shape index (κ2) is 6.39. The van der Waals surface area contributed by atoms with Gasteiger partial charge in [-0.2, -0.15) is 0 Å². The zero-order valence-corrected chi connectivity index (χ0v) is 13.5. The number of hydrogen-bond donors (Lipinski definition) is 2. The molecule has 0 aromatic carbocycles. The van der Waals surface area contributed by atoms with Crippen LogP contribution in [0.15, 0.2) is 29.5 Å². The van der Waals surface area contributed by atoms with Crippen LogP contribution in [0, 0.1) is 5.92 Å². The van der Waals surface area contributed by atoms with E-state index in [0.29, 0.717) is 29.7 Å². The smallest absolute Gasteiger partial charge is 0.273 e. The third-order valence-electron chi connectivity index (χ3n) is 5.26. The Morgan fingerprint density at radius 3 is 3.00 bits per heavy atom. The summed E-state index contributed by atoms with van der Waals surface area (Å²) in [6.07, 6.45) is 11.0. The van der Waals surface area contributed by atoms with Crippen LogP contribution in [0.3, 0.4) is 0 Å². The summed E-state index contributed by atoms with van der Waals surface area (Å²) in [6, 6.07) is -0.239. The largest absolute Gasteiger partial charge is 0.447 e. The highest BCUT2D eigenvalue weighted by Gasteiger charge is 2.36. The SMILES string of the molecule is O=C(N[C@@H]1CC(Cn2ccnc2)C[C@H]1O)c1ncoc1C1CCC1. The van der Waals surface area contributed by atoms with Gasteiger partial charge < -0.3 is 19.4 Å². The van der Waals surface area contributed by atoms with E-state index in [2.05, 4.69) is 15.3 Å². The molecule has 1 unspecified atom stereocenters.